The van der Waals surface area contributed by atoms with Crippen LogP contribution in [0.4, 0.5) is 0 Å². The van der Waals surface area contributed by atoms with Gasteiger partial charge in [-0.15, -0.1) is 0 Å². The summed E-state index contributed by atoms with van der Waals surface area (Å²) in [4.78, 5) is 24.9. The Morgan fingerprint density at radius 1 is 1.28 bits per heavy atom. The van der Waals surface area contributed by atoms with Gasteiger partial charge in [-0.2, -0.15) is 0 Å². The number of rotatable bonds is 8. The number of aryl methyl sites for hydroxylation is 1. The van der Waals surface area contributed by atoms with E-state index in [1.807, 2.05) is 37.3 Å². The molecule has 0 atom stereocenters. The molecule has 1 heterocycles. The number of nitrogen functional groups attached to an aromatic ring is 1. The van der Waals surface area contributed by atoms with Gasteiger partial charge in [-0.05, 0) is 12.0 Å². The topological polar surface area (TPSA) is 95.6 Å². The van der Waals surface area contributed by atoms with Gasteiger partial charge in [0.05, 0.1) is 6.61 Å². The summed E-state index contributed by atoms with van der Waals surface area (Å²) in [7, 11) is 1.54. The average Bonchev–Trinajstić information content (AvgIpc) is 2.62. The van der Waals surface area contributed by atoms with E-state index in [0.717, 1.165) is 5.56 Å². The minimum absolute atomic E-state index is 0.0105. The highest BCUT2D eigenvalue weighted by Crippen LogP contribution is 2.16. The molecule has 2 aromatic rings. The summed E-state index contributed by atoms with van der Waals surface area (Å²) in [6.07, 6.45) is 0.517. The standard InChI is InChI=1S/C18H23N3O4/c1-3-14-11-15(22)17(25-12-13-7-5-4-6-8-13)16(21(14)19)18(23)20-9-10-24-2/h4-8,11H,3,9-10,12,19H2,1-2H3,(H,20,23). The van der Waals surface area contributed by atoms with E-state index in [0.29, 0.717) is 25.3 Å². The molecule has 2 rings (SSSR count). The van der Waals surface area contributed by atoms with Gasteiger partial charge in [0.2, 0.25) is 5.43 Å². The number of carbonyl (C=O) groups is 1. The van der Waals surface area contributed by atoms with Gasteiger partial charge in [0.25, 0.3) is 5.91 Å². The van der Waals surface area contributed by atoms with Crippen LogP contribution in [0.2, 0.25) is 0 Å². The smallest absolute Gasteiger partial charge is 0.273 e. The molecule has 0 aliphatic carbocycles. The molecule has 0 aliphatic heterocycles. The van der Waals surface area contributed by atoms with Gasteiger partial charge in [0, 0.05) is 25.4 Å². The Labute approximate surface area is 146 Å². The molecule has 0 aliphatic rings. The molecular weight excluding hydrogens is 322 g/mol. The monoisotopic (exact) mass is 345 g/mol. The molecule has 1 amide bonds. The van der Waals surface area contributed by atoms with E-state index in [9.17, 15) is 9.59 Å². The number of hydrogen-bond acceptors (Lipinski definition) is 5. The molecular formula is C18H23N3O4. The lowest BCUT2D eigenvalue weighted by molar-refractivity contribution is 0.0923. The summed E-state index contributed by atoms with van der Waals surface area (Å²) in [6.45, 7) is 2.68. The van der Waals surface area contributed by atoms with Crippen molar-refractivity contribution in [2.75, 3.05) is 26.1 Å². The Bertz CT molecular complexity index is 772. The summed E-state index contributed by atoms with van der Waals surface area (Å²) in [5, 5.41) is 2.67. The normalized spacial score (nSPS) is 10.5. The number of pyridine rings is 1. The van der Waals surface area contributed by atoms with E-state index in [1.54, 1.807) is 0 Å². The number of ether oxygens (including phenoxy) is 2. The van der Waals surface area contributed by atoms with E-state index >= 15 is 0 Å². The number of nitrogens with zero attached hydrogens (tertiary/aromatic N) is 1. The van der Waals surface area contributed by atoms with E-state index in [4.69, 9.17) is 15.3 Å². The maximum absolute atomic E-state index is 12.5. The van der Waals surface area contributed by atoms with Crippen molar-refractivity contribution >= 4 is 5.91 Å². The zero-order valence-corrected chi connectivity index (χ0v) is 14.5. The first kappa shape index (κ1) is 18.5. The van der Waals surface area contributed by atoms with Gasteiger partial charge in [-0.1, -0.05) is 37.3 Å². The quantitative estimate of drug-likeness (QED) is 0.551. The second kappa shape index (κ2) is 8.89. The van der Waals surface area contributed by atoms with Crippen LogP contribution in [0.25, 0.3) is 0 Å². The Morgan fingerprint density at radius 2 is 2.00 bits per heavy atom. The molecule has 7 heteroatoms. The molecule has 0 unspecified atom stereocenters. The molecule has 0 fully saturated rings. The zero-order chi connectivity index (χ0) is 18.2. The van der Waals surface area contributed by atoms with E-state index < -0.39 is 5.91 Å². The van der Waals surface area contributed by atoms with Crippen molar-refractivity contribution in [1.29, 1.82) is 0 Å². The molecule has 0 saturated carbocycles. The van der Waals surface area contributed by atoms with Gasteiger partial charge < -0.3 is 20.6 Å². The Balaban J connectivity index is 2.34. The molecule has 0 saturated heterocycles. The molecule has 1 aromatic carbocycles. The van der Waals surface area contributed by atoms with Crippen LogP contribution >= 0.6 is 0 Å². The summed E-state index contributed by atoms with van der Waals surface area (Å²) >= 11 is 0. The SMILES string of the molecule is CCc1cc(=O)c(OCc2ccccc2)c(C(=O)NCCOC)n1N. The molecule has 3 N–H and O–H groups in total. The fraction of sp³-hybridized carbons (Fsp3) is 0.333. The number of methoxy groups -OCH3 is 1. The molecule has 0 spiro atoms. The maximum Gasteiger partial charge on any atom is 0.273 e. The van der Waals surface area contributed by atoms with Crippen LogP contribution < -0.4 is 21.3 Å². The number of hydrogen-bond donors (Lipinski definition) is 2. The number of benzene rings is 1. The Hall–Kier alpha value is -2.80. The predicted octanol–water partition coefficient (Wildman–Crippen LogP) is 1.08. The molecule has 7 nitrogen and oxygen atoms in total. The summed E-state index contributed by atoms with van der Waals surface area (Å²) in [5.41, 5.74) is 1.08. The Morgan fingerprint density at radius 3 is 2.64 bits per heavy atom. The second-order valence-corrected chi connectivity index (χ2v) is 5.42. The van der Waals surface area contributed by atoms with Crippen LogP contribution in [0.3, 0.4) is 0 Å². The van der Waals surface area contributed by atoms with Crippen molar-refractivity contribution in [3.8, 4) is 5.75 Å². The first-order valence-electron chi connectivity index (χ1n) is 8.06. The lowest BCUT2D eigenvalue weighted by atomic mass is 10.2. The third-order valence-corrected chi connectivity index (χ3v) is 3.68. The zero-order valence-electron chi connectivity index (χ0n) is 14.5. The summed E-state index contributed by atoms with van der Waals surface area (Å²) < 4.78 is 11.8. The molecule has 1 aromatic heterocycles. The van der Waals surface area contributed by atoms with Gasteiger partial charge in [0.1, 0.15) is 6.61 Å². The highest BCUT2D eigenvalue weighted by atomic mass is 16.5. The van der Waals surface area contributed by atoms with Crippen molar-refractivity contribution in [2.24, 2.45) is 0 Å². The molecule has 0 bridgehead atoms. The minimum atomic E-state index is -0.477. The van der Waals surface area contributed by atoms with Crippen LogP contribution in [-0.4, -0.2) is 30.8 Å². The van der Waals surface area contributed by atoms with Gasteiger partial charge >= 0.3 is 0 Å². The van der Waals surface area contributed by atoms with Gasteiger partial charge in [-0.25, -0.2) is 0 Å². The number of nitrogens with one attached hydrogen (secondary N) is 1. The lowest BCUT2D eigenvalue weighted by Crippen LogP contribution is -2.35. The number of aromatic nitrogens is 1. The van der Waals surface area contributed by atoms with E-state index in [2.05, 4.69) is 5.32 Å². The van der Waals surface area contributed by atoms with Crippen LogP contribution in [0.15, 0.2) is 41.2 Å². The molecule has 25 heavy (non-hydrogen) atoms. The molecule has 0 radical (unpaired) electrons. The highest BCUT2D eigenvalue weighted by Gasteiger charge is 2.21. The van der Waals surface area contributed by atoms with Crippen LogP contribution in [-0.2, 0) is 17.8 Å². The lowest BCUT2D eigenvalue weighted by Gasteiger charge is -2.17. The fourth-order valence-corrected chi connectivity index (χ4v) is 2.36. The van der Waals surface area contributed by atoms with Crippen molar-refractivity contribution in [2.45, 2.75) is 20.0 Å². The third kappa shape index (κ3) is 4.60. The summed E-state index contributed by atoms with van der Waals surface area (Å²) in [5.74, 6) is 5.51. The number of amides is 1. The van der Waals surface area contributed by atoms with Crippen LogP contribution in [0, 0.1) is 0 Å². The predicted molar refractivity (Wildman–Crippen MR) is 95.2 cm³/mol. The van der Waals surface area contributed by atoms with Crippen molar-refractivity contribution in [3.05, 3.63) is 63.6 Å². The third-order valence-electron chi connectivity index (χ3n) is 3.68. The van der Waals surface area contributed by atoms with Crippen molar-refractivity contribution in [1.82, 2.24) is 9.99 Å². The van der Waals surface area contributed by atoms with Crippen LogP contribution in [0.1, 0.15) is 28.7 Å². The van der Waals surface area contributed by atoms with Gasteiger partial charge in [-0.3, -0.25) is 14.3 Å². The Kier molecular flexibility index (Phi) is 6.59. The van der Waals surface area contributed by atoms with Crippen molar-refractivity contribution < 1.29 is 14.3 Å². The first-order chi connectivity index (χ1) is 12.1. The number of nitrogens with two attached hydrogens (primary N) is 1. The van der Waals surface area contributed by atoms with E-state index in [-0.39, 0.29) is 23.5 Å². The largest absolute Gasteiger partial charge is 0.482 e. The van der Waals surface area contributed by atoms with Crippen LogP contribution in [0.5, 0.6) is 5.75 Å². The average molecular weight is 345 g/mol. The first-order valence-corrected chi connectivity index (χ1v) is 8.06. The highest BCUT2D eigenvalue weighted by molar-refractivity contribution is 5.95. The second-order valence-electron chi connectivity index (χ2n) is 5.42. The maximum atomic E-state index is 12.5. The minimum Gasteiger partial charge on any atom is -0.482 e. The summed E-state index contributed by atoms with van der Waals surface area (Å²) in [6, 6.07) is 10.8. The van der Waals surface area contributed by atoms with E-state index in [1.165, 1.54) is 17.9 Å². The van der Waals surface area contributed by atoms with Gasteiger partial charge in [0.15, 0.2) is 11.4 Å². The van der Waals surface area contributed by atoms with Crippen molar-refractivity contribution in [3.63, 3.8) is 0 Å². The number of carbonyl (C=O) groups excluding carboxylic acids is 1. The molecule has 134 valence electrons. The fourth-order valence-electron chi connectivity index (χ4n) is 2.36.